The SMILES string of the molecule is CNC(=O)c1ccc(N)c(NCC(C)(C)CO)c1. The number of hydrogen-bond acceptors (Lipinski definition) is 4. The second-order valence-electron chi connectivity index (χ2n) is 5.06. The van der Waals surface area contributed by atoms with Crippen LogP contribution in [-0.2, 0) is 0 Å². The van der Waals surface area contributed by atoms with Crippen molar-refractivity contribution in [3.05, 3.63) is 23.8 Å². The molecule has 5 nitrogen and oxygen atoms in total. The van der Waals surface area contributed by atoms with Crippen molar-refractivity contribution in [3.63, 3.8) is 0 Å². The predicted octanol–water partition coefficient (Wildman–Crippen LogP) is 1.06. The number of nitrogen functional groups attached to an aromatic ring is 1. The molecule has 0 bridgehead atoms. The van der Waals surface area contributed by atoms with E-state index in [2.05, 4.69) is 10.6 Å². The second-order valence-corrected chi connectivity index (χ2v) is 5.06. The number of aliphatic hydroxyl groups excluding tert-OH is 1. The number of amides is 1. The van der Waals surface area contributed by atoms with Gasteiger partial charge in [-0.25, -0.2) is 0 Å². The molecule has 0 aromatic heterocycles. The minimum atomic E-state index is -0.241. The highest BCUT2D eigenvalue weighted by Crippen LogP contribution is 2.22. The van der Waals surface area contributed by atoms with Crippen LogP contribution in [0.4, 0.5) is 11.4 Å². The van der Waals surface area contributed by atoms with Crippen LogP contribution in [0.3, 0.4) is 0 Å². The summed E-state index contributed by atoms with van der Waals surface area (Å²) in [6.45, 7) is 4.54. The lowest BCUT2D eigenvalue weighted by atomic mass is 9.95. The number of anilines is 2. The number of carbonyl (C=O) groups is 1. The van der Waals surface area contributed by atoms with E-state index in [-0.39, 0.29) is 17.9 Å². The predicted molar refractivity (Wildman–Crippen MR) is 73.6 cm³/mol. The highest BCUT2D eigenvalue weighted by molar-refractivity contribution is 5.96. The first-order valence-electron chi connectivity index (χ1n) is 5.86. The Kier molecular flexibility index (Phi) is 4.55. The van der Waals surface area contributed by atoms with Gasteiger partial charge in [0.25, 0.3) is 5.91 Å². The van der Waals surface area contributed by atoms with Gasteiger partial charge in [0.1, 0.15) is 0 Å². The molecule has 0 fully saturated rings. The average molecular weight is 251 g/mol. The molecule has 18 heavy (non-hydrogen) atoms. The van der Waals surface area contributed by atoms with Crippen LogP contribution in [0.25, 0.3) is 0 Å². The fourth-order valence-electron chi connectivity index (χ4n) is 1.39. The lowest BCUT2D eigenvalue weighted by Crippen LogP contribution is -2.27. The van der Waals surface area contributed by atoms with E-state index in [0.29, 0.717) is 23.5 Å². The van der Waals surface area contributed by atoms with Gasteiger partial charge < -0.3 is 21.5 Å². The maximum atomic E-state index is 11.5. The Bertz CT molecular complexity index is 430. The summed E-state index contributed by atoms with van der Waals surface area (Å²) in [6.07, 6.45) is 0. The minimum Gasteiger partial charge on any atom is -0.397 e. The number of nitrogens with two attached hydrogens (primary N) is 1. The molecule has 100 valence electrons. The molecule has 1 aromatic rings. The number of aliphatic hydroxyl groups is 1. The molecule has 0 spiro atoms. The Morgan fingerprint density at radius 2 is 2.11 bits per heavy atom. The molecule has 1 aromatic carbocycles. The summed E-state index contributed by atoms with van der Waals surface area (Å²) in [7, 11) is 1.58. The third-order valence-corrected chi connectivity index (χ3v) is 2.73. The van der Waals surface area contributed by atoms with E-state index in [4.69, 9.17) is 5.73 Å². The van der Waals surface area contributed by atoms with Gasteiger partial charge in [-0.1, -0.05) is 13.8 Å². The summed E-state index contributed by atoms with van der Waals surface area (Å²) >= 11 is 0. The highest BCUT2D eigenvalue weighted by atomic mass is 16.3. The molecule has 5 heteroatoms. The van der Waals surface area contributed by atoms with E-state index < -0.39 is 0 Å². The Morgan fingerprint density at radius 3 is 2.67 bits per heavy atom. The zero-order valence-corrected chi connectivity index (χ0v) is 11.1. The van der Waals surface area contributed by atoms with Crippen molar-refractivity contribution in [2.24, 2.45) is 5.41 Å². The van der Waals surface area contributed by atoms with Crippen molar-refractivity contribution < 1.29 is 9.90 Å². The summed E-state index contributed by atoms with van der Waals surface area (Å²) in [4.78, 5) is 11.5. The standard InChI is InChI=1S/C13H21N3O2/c1-13(2,8-17)7-16-11-6-9(12(18)15-3)4-5-10(11)14/h4-6,16-17H,7-8,14H2,1-3H3,(H,15,18). The molecule has 0 saturated heterocycles. The fraction of sp³-hybridized carbons (Fsp3) is 0.462. The molecule has 1 rings (SSSR count). The van der Waals surface area contributed by atoms with Gasteiger partial charge in [0.2, 0.25) is 0 Å². The number of benzene rings is 1. The van der Waals surface area contributed by atoms with Gasteiger partial charge in [-0.05, 0) is 18.2 Å². The van der Waals surface area contributed by atoms with Gasteiger partial charge in [0.15, 0.2) is 0 Å². The Morgan fingerprint density at radius 1 is 1.44 bits per heavy atom. The van der Waals surface area contributed by atoms with Crippen LogP contribution in [0.1, 0.15) is 24.2 Å². The summed E-state index contributed by atoms with van der Waals surface area (Å²) in [6, 6.07) is 5.08. The quantitative estimate of drug-likeness (QED) is 0.589. The van der Waals surface area contributed by atoms with Crippen LogP contribution < -0.4 is 16.4 Å². The maximum absolute atomic E-state index is 11.5. The first-order valence-corrected chi connectivity index (χ1v) is 5.86. The van der Waals surface area contributed by atoms with Gasteiger partial charge in [0, 0.05) is 31.2 Å². The molecular weight excluding hydrogens is 230 g/mol. The largest absolute Gasteiger partial charge is 0.397 e. The van der Waals surface area contributed by atoms with Crippen LogP contribution in [0.2, 0.25) is 0 Å². The number of hydrogen-bond donors (Lipinski definition) is 4. The van der Waals surface area contributed by atoms with Crippen LogP contribution >= 0.6 is 0 Å². The third kappa shape index (κ3) is 3.63. The molecule has 0 aliphatic rings. The summed E-state index contributed by atoms with van der Waals surface area (Å²) in [5.41, 5.74) is 7.44. The van der Waals surface area contributed by atoms with E-state index in [1.807, 2.05) is 13.8 Å². The monoisotopic (exact) mass is 251 g/mol. The molecule has 0 radical (unpaired) electrons. The second kappa shape index (κ2) is 5.73. The first kappa shape index (κ1) is 14.3. The van der Waals surface area contributed by atoms with Crippen LogP contribution in [0.15, 0.2) is 18.2 Å². The molecule has 0 aliphatic carbocycles. The van der Waals surface area contributed by atoms with Gasteiger partial charge >= 0.3 is 0 Å². The maximum Gasteiger partial charge on any atom is 0.251 e. The fourth-order valence-corrected chi connectivity index (χ4v) is 1.39. The van der Waals surface area contributed by atoms with Crippen molar-refractivity contribution in [3.8, 4) is 0 Å². The molecule has 0 aliphatic heterocycles. The highest BCUT2D eigenvalue weighted by Gasteiger charge is 2.16. The molecule has 0 atom stereocenters. The molecule has 0 unspecified atom stereocenters. The zero-order valence-electron chi connectivity index (χ0n) is 11.1. The van der Waals surface area contributed by atoms with E-state index >= 15 is 0 Å². The summed E-state index contributed by atoms with van der Waals surface area (Å²) in [5, 5.41) is 14.9. The Balaban J connectivity index is 2.85. The summed E-state index contributed by atoms with van der Waals surface area (Å²) in [5.74, 6) is -0.153. The summed E-state index contributed by atoms with van der Waals surface area (Å²) < 4.78 is 0. The topological polar surface area (TPSA) is 87.4 Å². The van der Waals surface area contributed by atoms with Crippen molar-refractivity contribution >= 4 is 17.3 Å². The number of carbonyl (C=O) groups excluding carboxylic acids is 1. The van der Waals surface area contributed by atoms with Crippen molar-refractivity contribution in [1.29, 1.82) is 0 Å². The van der Waals surface area contributed by atoms with Crippen LogP contribution in [0.5, 0.6) is 0 Å². The van der Waals surface area contributed by atoms with Gasteiger partial charge in [-0.3, -0.25) is 4.79 Å². The molecule has 1 amide bonds. The van der Waals surface area contributed by atoms with Gasteiger partial charge in [-0.15, -0.1) is 0 Å². The van der Waals surface area contributed by atoms with E-state index in [9.17, 15) is 9.90 Å². The van der Waals surface area contributed by atoms with Crippen molar-refractivity contribution in [2.75, 3.05) is 31.2 Å². The average Bonchev–Trinajstić information content (AvgIpc) is 2.37. The van der Waals surface area contributed by atoms with Crippen molar-refractivity contribution in [1.82, 2.24) is 5.32 Å². The molecule has 0 saturated carbocycles. The molecule has 5 N–H and O–H groups in total. The first-order chi connectivity index (χ1) is 8.39. The third-order valence-electron chi connectivity index (χ3n) is 2.73. The van der Waals surface area contributed by atoms with E-state index in [0.717, 1.165) is 0 Å². The smallest absolute Gasteiger partial charge is 0.251 e. The van der Waals surface area contributed by atoms with Crippen LogP contribution in [0, 0.1) is 5.41 Å². The van der Waals surface area contributed by atoms with E-state index in [1.165, 1.54) is 0 Å². The van der Waals surface area contributed by atoms with Gasteiger partial charge in [0.05, 0.1) is 11.4 Å². The number of nitrogens with one attached hydrogen (secondary N) is 2. The lowest BCUT2D eigenvalue weighted by Gasteiger charge is -2.23. The minimum absolute atomic E-state index is 0.0784. The van der Waals surface area contributed by atoms with Crippen LogP contribution in [-0.4, -0.2) is 31.2 Å². The number of rotatable bonds is 5. The Hall–Kier alpha value is -1.75. The Labute approximate surface area is 107 Å². The van der Waals surface area contributed by atoms with E-state index in [1.54, 1.807) is 25.2 Å². The lowest BCUT2D eigenvalue weighted by molar-refractivity contribution is 0.0963. The van der Waals surface area contributed by atoms with Crippen molar-refractivity contribution in [2.45, 2.75) is 13.8 Å². The zero-order chi connectivity index (χ0) is 13.8. The van der Waals surface area contributed by atoms with Gasteiger partial charge in [-0.2, -0.15) is 0 Å². The molecular formula is C13H21N3O2. The normalized spacial score (nSPS) is 11.1. The molecule has 0 heterocycles.